The van der Waals surface area contributed by atoms with Crippen molar-refractivity contribution in [3.8, 4) is 0 Å². The highest BCUT2D eigenvalue weighted by Crippen LogP contribution is 2.15. The number of nitrogens with one attached hydrogen (secondary N) is 1. The van der Waals surface area contributed by atoms with Gasteiger partial charge in [0.05, 0.1) is 19.8 Å². The molecule has 1 aromatic rings. The van der Waals surface area contributed by atoms with Crippen LogP contribution in [0.25, 0.3) is 0 Å². The third-order valence-electron chi connectivity index (χ3n) is 2.03. The van der Waals surface area contributed by atoms with E-state index >= 15 is 0 Å². The summed E-state index contributed by atoms with van der Waals surface area (Å²) in [5.41, 5.74) is 0. The Morgan fingerprint density at radius 1 is 1.41 bits per heavy atom. The summed E-state index contributed by atoms with van der Waals surface area (Å²) in [4.78, 5) is 19.2. The summed E-state index contributed by atoms with van der Waals surface area (Å²) in [6, 6.07) is 1.40. The van der Waals surface area contributed by atoms with Crippen LogP contribution in [0.3, 0.4) is 0 Å². The summed E-state index contributed by atoms with van der Waals surface area (Å²) in [6.07, 6.45) is -0.642. The largest absolute Gasteiger partial charge is 0.376 e. The average Bonchev–Trinajstić information content (AvgIpc) is 2.28. The van der Waals surface area contributed by atoms with E-state index in [-0.39, 0.29) is 28.8 Å². The van der Waals surface area contributed by atoms with Crippen LogP contribution in [0.4, 0.5) is 5.82 Å². The first-order valence-electron chi connectivity index (χ1n) is 4.85. The molecular weight excluding hydrogens is 269 g/mol. The second-order valence-corrected chi connectivity index (χ2v) is 3.99. The number of nitrogens with zero attached hydrogens (tertiary/aromatic N) is 2. The highest BCUT2D eigenvalue weighted by molar-refractivity contribution is 6.32. The highest BCUT2D eigenvalue weighted by Gasteiger charge is 2.23. The van der Waals surface area contributed by atoms with E-state index in [4.69, 9.17) is 32.7 Å². The predicted octanol–water partition coefficient (Wildman–Crippen LogP) is 1.14. The Kier molecular flexibility index (Phi) is 4.11. The van der Waals surface area contributed by atoms with E-state index in [9.17, 15) is 4.79 Å². The number of anilines is 1. The number of carbonyl (C=O) groups excluding carboxylic acids is 1. The van der Waals surface area contributed by atoms with Crippen LogP contribution in [0.1, 0.15) is 0 Å². The number of amides is 1. The third kappa shape index (κ3) is 3.50. The van der Waals surface area contributed by atoms with Gasteiger partial charge in [-0.1, -0.05) is 11.6 Å². The van der Waals surface area contributed by atoms with Crippen molar-refractivity contribution >= 4 is 34.9 Å². The van der Waals surface area contributed by atoms with E-state index in [1.807, 2.05) is 0 Å². The standard InChI is InChI=1S/C9H9Cl2N3O3/c10-6-3-7(14-9(11)12-6)13-8(15)5-4-16-1-2-17-5/h3,5H,1-2,4H2,(H,12,13,14,15). The van der Waals surface area contributed by atoms with Gasteiger partial charge in [0.2, 0.25) is 5.28 Å². The topological polar surface area (TPSA) is 73.3 Å². The maximum atomic E-state index is 11.7. The summed E-state index contributed by atoms with van der Waals surface area (Å²) in [5.74, 6) is -0.121. The van der Waals surface area contributed by atoms with Crippen LogP contribution in [0, 0.1) is 0 Å². The fraction of sp³-hybridized carbons (Fsp3) is 0.444. The molecule has 1 saturated heterocycles. The molecule has 0 spiro atoms. The maximum absolute atomic E-state index is 11.7. The minimum Gasteiger partial charge on any atom is -0.376 e. The summed E-state index contributed by atoms with van der Waals surface area (Å²) in [6.45, 7) is 1.11. The molecule has 0 saturated carbocycles. The van der Waals surface area contributed by atoms with Crippen LogP contribution in [-0.2, 0) is 14.3 Å². The second-order valence-electron chi connectivity index (χ2n) is 3.27. The Morgan fingerprint density at radius 3 is 2.88 bits per heavy atom. The molecule has 1 atom stereocenters. The maximum Gasteiger partial charge on any atom is 0.257 e. The molecule has 8 heteroatoms. The Hall–Kier alpha value is -0.950. The normalized spacial score (nSPS) is 20.0. The Labute approximate surface area is 107 Å². The van der Waals surface area contributed by atoms with Crippen LogP contribution in [0.2, 0.25) is 10.4 Å². The van der Waals surface area contributed by atoms with Gasteiger partial charge in [-0.25, -0.2) is 9.97 Å². The van der Waals surface area contributed by atoms with Crippen molar-refractivity contribution in [2.75, 3.05) is 25.1 Å². The van der Waals surface area contributed by atoms with E-state index in [0.29, 0.717) is 13.2 Å². The van der Waals surface area contributed by atoms with Crippen molar-refractivity contribution < 1.29 is 14.3 Å². The second kappa shape index (κ2) is 5.59. The number of aromatic nitrogens is 2. The zero-order valence-electron chi connectivity index (χ0n) is 8.65. The van der Waals surface area contributed by atoms with Gasteiger partial charge in [-0.2, -0.15) is 0 Å². The van der Waals surface area contributed by atoms with E-state index < -0.39 is 6.10 Å². The predicted molar refractivity (Wildman–Crippen MR) is 61.2 cm³/mol. The molecule has 0 aromatic carbocycles. The molecule has 0 radical (unpaired) electrons. The van der Waals surface area contributed by atoms with E-state index in [1.165, 1.54) is 6.07 Å². The molecule has 1 fully saturated rings. The van der Waals surface area contributed by atoms with E-state index in [1.54, 1.807) is 0 Å². The van der Waals surface area contributed by atoms with Gasteiger partial charge in [-0.3, -0.25) is 4.79 Å². The molecule has 1 aliphatic rings. The fourth-order valence-electron chi connectivity index (χ4n) is 1.30. The van der Waals surface area contributed by atoms with Crippen molar-refractivity contribution in [1.82, 2.24) is 9.97 Å². The first-order chi connectivity index (χ1) is 8.15. The fourth-order valence-corrected chi connectivity index (χ4v) is 1.71. The molecule has 6 nitrogen and oxygen atoms in total. The molecule has 92 valence electrons. The molecule has 1 unspecified atom stereocenters. The molecule has 17 heavy (non-hydrogen) atoms. The van der Waals surface area contributed by atoms with Crippen molar-refractivity contribution in [2.45, 2.75) is 6.10 Å². The van der Waals surface area contributed by atoms with Crippen LogP contribution < -0.4 is 5.32 Å². The third-order valence-corrected chi connectivity index (χ3v) is 2.39. The van der Waals surface area contributed by atoms with Gasteiger partial charge in [0.15, 0.2) is 6.10 Å². The van der Waals surface area contributed by atoms with Crippen LogP contribution in [0.15, 0.2) is 6.07 Å². The monoisotopic (exact) mass is 277 g/mol. The zero-order chi connectivity index (χ0) is 12.3. The molecule has 1 aliphatic heterocycles. The average molecular weight is 278 g/mol. The van der Waals surface area contributed by atoms with Gasteiger partial charge in [0.25, 0.3) is 5.91 Å². The van der Waals surface area contributed by atoms with Gasteiger partial charge in [0, 0.05) is 6.07 Å². The van der Waals surface area contributed by atoms with Crippen LogP contribution in [-0.4, -0.2) is 41.8 Å². The summed E-state index contributed by atoms with van der Waals surface area (Å²) < 4.78 is 10.3. The number of halogens is 2. The smallest absolute Gasteiger partial charge is 0.257 e. The Bertz CT molecular complexity index is 404. The molecule has 1 aromatic heterocycles. The SMILES string of the molecule is O=C(Nc1cc(Cl)nc(Cl)n1)C1COCCO1. The number of ether oxygens (including phenoxy) is 2. The van der Waals surface area contributed by atoms with Crippen LogP contribution >= 0.6 is 23.2 Å². The minimum atomic E-state index is -0.642. The minimum absolute atomic E-state index is 0.0337. The summed E-state index contributed by atoms with van der Waals surface area (Å²) in [5, 5.41) is 2.65. The van der Waals surface area contributed by atoms with Gasteiger partial charge >= 0.3 is 0 Å². The molecule has 0 aliphatic carbocycles. The van der Waals surface area contributed by atoms with Gasteiger partial charge in [-0.05, 0) is 11.6 Å². The van der Waals surface area contributed by atoms with E-state index in [2.05, 4.69) is 15.3 Å². The molecule has 1 N–H and O–H groups in total. The van der Waals surface area contributed by atoms with Gasteiger partial charge in [0.1, 0.15) is 11.0 Å². The summed E-state index contributed by atoms with van der Waals surface area (Å²) in [7, 11) is 0. The molecule has 2 heterocycles. The quantitative estimate of drug-likeness (QED) is 0.648. The lowest BCUT2D eigenvalue weighted by Gasteiger charge is -2.21. The molecule has 1 amide bonds. The summed E-state index contributed by atoms with van der Waals surface area (Å²) >= 11 is 11.3. The number of rotatable bonds is 2. The number of carbonyl (C=O) groups is 1. The number of hydrogen-bond donors (Lipinski definition) is 1. The molecule has 2 rings (SSSR count). The van der Waals surface area contributed by atoms with Gasteiger partial charge < -0.3 is 14.8 Å². The van der Waals surface area contributed by atoms with Crippen molar-refractivity contribution in [3.63, 3.8) is 0 Å². The van der Waals surface area contributed by atoms with E-state index in [0.717, 1.165) is 0 Å². The van der Waals surface area contributed by atoms with Gasteiger partial charge in [-0.15, -0.1) is 0 Å². The Morgan fingerprint density at radius 2 is 2.24 bits per heavy atom. The first kappa shape index (κ1) is 12.5. The van der Waals surface area contributed by atoms with Crippen LogP contribution in [0.5, 0.6) is 0 Å². The lowest BCUT2D eigenvalue weighted by Crippen LogP contribution is -2.39. The molecule has 0 bridgehead atoms. The first-order valence-corrected chi connectivity index (χ1v) is 5.61. The lowest BCUT2D eigenvalue weighted by atomic mass is 10.3. The molecular formula is C9H9Cl2N3O3. The van der Waals surface area contributed by atoms with Crippen molar-refractivity contribution in [1.29, 1.82) is 0 Å². The Balaban J connectivity index is 2.01. The number of hydrogen-bond acceptors (Lipinski definition) is 5. The highest BCUT2D eigenvalue weighted by atomic mass is 35.5. The van der Waals surface area contributed by atoms with Crippen molar-refractivity contribution in [3.05, 3.63) is 16.5 Å². The zero-order valence-corrected chi connectivity index (χ0v) is 10.2. The lowest BCUT2D eigenvalue weighted by molar-refractivity contribution is -0.142. The van der Waals surface area contributed by atoms with Crippen molar-refractivity contribution in [2.24, 2.45) is 0 Å².